The number of ether oxygens (including phenoxy) is 3. The van der Waals surface area contributed by atoms with Gasteiger partial charge < -0.3 is 24.0 Å². The van der Waals surface area contributed by atoms with Gasteiger partial charge in [-0.05, 0) is 31.2 Å². The molecule has 2 amide bonds. The van der Waals surface area contributed by atoms with Crippen molar-refractivity contribution in [2.24, 2.45) is 0 Å². The lowest BCUT2D eigenvalue weighted by atomic mass is 10.1. The normalized spacial score (nSPS) is 14.1. The zero-order valence-electron chi connectivity index (χ0n) is 13.7. The SMILES string of the molecule is CCOC(=O)Oc1ccc(C(=O)N2CCN(C(=O)OC)CC2)cc1. The molecule has 0 spiro atoms. The first-order valence-electron chi connectivity index (χ1n) is 7.62. The van der Waals surface area contributed by atoms with E-state index in [-0.39, 0.29) is 18.6 Å². The van der Waals surface area contributed by atoms with Crippen LogP contribution in [-0.4, -0.2) is 67.9 Å². The van der Waals surface area contributed by atoms with Gasteiger partial charge in [0.05, 0.1) is 13.7 Å². The maximum atomic E-state index is 12.4. The number of benzene rings is 1. The van der Waals surface area contributed by atoms with Gasteiger partial charge in [0.1, 0.15) is 5.75 Å². The summed E-state index contributed by atoms with van der Waals surface area (Å²) in [6.45, 7) is 3.66. The Labute approximate surface area is 139 Å². The van der Waals surface area contributed by atoms with E-state index < -0.39 is 6.16 Å². The van der Waals surface area contributed by atoms with Crippen LogP contribution >= 0.6 is 0 Å². The first-order chi connectivity index (χ1) is 11.5. The monoisotopic (exact) mass is 336 g/mol. The molecule has 0 atom stereocenters. The molecule has 1 aromatic rings. The van der Waals surface area contributed by atoms with Gasteiger partial charge in [0.2, 0.25) is 0 Å². The number of rotatable bonds is 3. The van der Waals surface area contributed by atoms with Gasteiger partial charge in [-0.2, -0.15) is 0 Å². The Morgan fingerprint density at radius 3 is 2.12 bits per heavy atom. The van der Waals surface area contributed by atoms with E-state index in [0.29, 0.717) is 37.5 Å². The van der Waals surface area contributed by atoms with Crippen molar-refractivity contribution in [2.75, 3.05) is 39.9 Å². The quantitative estimate of drug-likeness (QED) is 0.617. The van der Waals surface area contributed by atoms with Gasteiger partial charge in [0, 0.05) is 31.7 Å². The summed E-state index contributed by atoms with van der Waals surface area (Å²) in [5.74, 6) is 0.169. The van der Waals surface area contributed by atoms with Crippen molar-refractivity contribution in [3.05, 3.63) is 29.8 Å². The summed E-state index contributed by atoms with van der Waals surface area (Å²) in [7, 11) is 1.33. The summed E-state index contributed by atoms with van der Waals surface area (Å²) in [6, 6.07) is 6.25. The van der Waals surface area contributed by atoms with Gasteiger partial charge in [-0.1, -0.05) is 0 Å². The molecule has 0 aromatic heterocycles. The fraction of sp³-hybridized carbons (Fsp3) is 0.438. The van der Waals surface area contributed by atoms with Gasteiger partial charge in [0.15, 0.2) is 0 Å². The largest absolute Gasteiger partial charge is 0.513 e. The topological polar surface area (TPSA) is 85.4 Å². The van der Waals surface area contributed by atoms with Crippen molar-refractivity contribution in [2.45, 2.75) is 6.92 Å². The molecule has 1 aliphatic rings. The number of methoxy groups -OCH3 is 1. The zero-order valence-corrected chi connectivity index (χ0v) is 13.7. The first kappa shape index (κ1) is 17.6. The van der Waals surface area contributed by atoms with Crippen molar-refractivity contribution < 1.29 is 28.6 Å². The molecule has 1 aromatic carbocycles. The Kier molecular flexibility index (Phi) is 6.00. The highest BCUT2D eigenvalue weighted by molar-refractivity contribution is 5.94. The molecule has 1 heterocycles. The van der Waals surface area contributed by atoms with Gasteiger partial charge in [-0.25, -0.2) is 9.59 Å². The molecule has 0 aliphatic carbocycles. The first-order valence-corrected chi connectivity index (χ1v) is 7.62. The second-order valence-electron chi connectivity index (χ2n) is 5.06. The van der Waals surface area contributed by atoms with Gasteiger partial charge >= 0.3 is 12.2 Å². The van der Waals surface area contributed by atoms with Crippen LogP contribution in [0.2, 0.25) is 0 Å². The van der Waals surface area contributed by atoms with Crippen LogP contribution < -0.4 is 4.74 Å². The van der Waals surface area contributed by atoms with Gasteiger partial charge in [-0.15, -0.1) is 0 Å². The van der Waals surface area contributed by atoms with Crippen molar-refractivity contribution >= 4 is 18.2 Å². The third-order valence-electron chi connectivity index (χ3n) is 3.56. The number of nitrogens with zero attached hydrogens (tertiary/aromatic N) is 2. The van der Waals surface area contributed by atoms with Gasteiger partial charge in [-0.3, -0.25) is 4.79 Å². The molecule has 0 radical (unpaired) electrons. The van der Waals surface area contributed by atoms with Crippen LogP contribution in [0.3, 0.4) is 0 Å². The lowest BCUT2D eigenvalue weighted by Gasteiger charge is -2.33. The van der Waals surface area contributed by atoms with E-state index in [1.807, 2.05) is 0 Å². The summed E-state index contributed by atoms with van der Waals surface area (Å²) in [5.41, 5.74) is 0.484. The van der Waals surface area contributed by atoms with Crippen LogP contribution in [0.1, 0.15) is 17.3 Å². The summed E-state index contributed by atoms with van der Waals surface area (Å²) < 4.78 is 14.3. The van der Waals surface area contributed by atoms with E-state index in [9.17, 15) is 14.4 Å². The molecule has 1 fully saturated rings. The van der Waals surface area contributed by atoms with Crippen LogP contribution in [0, 0.1) is 0 Å². The van der Waals surface area contributed by atoms with E-state index in [4.69, 9.17) is 4.74 Å². The Bertz CT molecular complexity index is 593. The Hall–Kier alpha value is -2.77. The molecule has 130 valence electrons. The van der Waals surface area contributed by atoms with Crippen molar-refractivity contribution in [3.8, 4) is 5.75 Å². The van der Waals surface area contributed by atoms with Crippen LogP contribution in [0.25, 0.3) is 0 Å². The van der Waals surface area contributed by atoms with E-state index >= 15 is 0 Å². The second kappa shape index (κ2) is 8.19. The van der Waals surface area contributed by atoms with E-state index in [1.54, 1.807) is 28.9 Å². The van der Waals surface area contributed by atoms with Crippen LogP contribution in [-0.2, 0) is 9.47 Å². The Morgan fingerprint density at radius 1 is 1.00 bits per heavy atom. The predicted molar refractivity (Wildman–Crippen MR) is 84.0 cm³/mol. The minimum absolute atomic E-state index is 0.137. The number of hydrogen-bond donors (Lipinski definition) is 0. The molecule has 24 heavy (non-hydrogen) atoms. The highest BCUT2D eigenvalue weighted by Gasteiger charge is 2.25. The molecule has 8 heteroatoms. The van der Waals surface area contributed by atoms with Crippen molar-refractivity contribution in [3.63, 3.8) is 0 Å². The van der Waals surface area contributed by atoms with Gasteiger partial charge in [0.25, 0.3) is 5.91 Å². The lowest BCUT2D eigenvalue weighted by molar-refractivity contribution is 0.0599. The summed E-state index contributed by atoms with van der Waals surface area (Å²) in [4.78, 5) is 38.3. The van der Waals surface area contributed by atoms with Crippen LogP contribution in [0.5, 0.6) is 5.75 Å². The zero-order chi connectivity index (χ0) is 17.5. The lowest BCUT2D eigenvalue weighted by Crippen LogP contribution is -2.50. The maximum Gasteiger partial charge on any atom is 0.513 e. The van der Waals surface area contributed by atoms with Crippen LogP contribution in [0.4, 0.5) is 9.59 Å². The van der Waals surface area contributed by atoms with Crippen LogP contribution in [0.15, 0.2) is 24.3 Å². The molecule has 1 aliphatic heterocycles. The number of carbonyl (C=O) groups is 3. The number of carbonyl (C=O) groups excluding carboxylic acids is 3. The smallest absolute Gasteiger partial charge is 0.453 e. The highest BCUT2D eigenvalue weighted by Crippen LogP contribution is 2.15. The van der Waals surface area contributed by atoms with E-state index in [1.165, 1.54) is 19.2 Å². The second-order valence-corrected chi connectivity index (χ2v) is 5.06. The van der Waals surface area contributed by atoms with Crippen molar-refractivity contribution in [1.29, 1.82) is 0 Å². The summed E-state index contributed by atoms with van der Waals surface area (Å²) >= 11 is 0. The Balaban J connectivity index is 1.91. The predicted octanol–water partition coefficient (Wildman–Crippen LogP) is 1.75. The third kappa shape index (κ3) is 4.37. The number of piperazine rings is 1. The number of amides is 2. The molecule has 0 unspecified atom stereocenters. The summed E-state index contributed by atoms with van der Waals surface area (Å²) in [5, 5.41) is 0. The molecular formula is C16H20N2O6. The van der Waals surface area contributed by atoms with Crippen molar-refractivity contribution in [1.82, 2.24) is 9.80 Å². The molecular weight excluding hydrogens is 316 g/mol. The highest BCUT2D eigenvalue weighted by atomic mass is 16.7. The van der Waals surface area contributed by atoms with E-state index in [0.717, 1.165) is 0 Å². The average molecular weight is 336 g/mol. The minimum Gasteiger partial charge on any atom is -0.453 e. The fourth-order valence-electron chi connectivity index (χ4n) is 2.31. The molecule has 8 nitrogen and oxygen atoms in total. The molecule has 1 saturated heterocycles. The average Bonchev–Trinajstić information content (AvgIpc) is 2.61. The molecule has 0 saturated carbocycles. The number of hydrogen-bond acceptors (Lipinski definition) is 6. The maximum absolute atomic E-state index is 12.4. The standard InChI is InChI=1S/C16H20N2O6/c1-3-23-16(21)24-13-6-4-12(5-7-13)14(19)17-8-10-18(11-9-17)15(20)22-2/h4-7H,3,8-11H2,1-2H3. The molecule has 2 rings (SSSR count). The fourth-order valence-corrected chi connectivity index (χ4v) is 2.31. The summed E-state index contributed by atoms with van der Waals surface area (Å²) in [6.07, 6.45) is -1.17. The van der Waals surface area contributed by atoms with E-state index in [2.05, 4.69) is 9.47 Å². The Morgan fingerprint density at radius 2 is 1.58 bits per heavy atom. The minimum atomic E-state index is -0.782. The molecule has 0 bridgehead atoms. The third-order valence-corrected chi connectivity index (χ3v) is 3.56. The molecule has 0 N–H and O–H groups in total.